The monoisotopic (exact) mass is 484 g/mol. The predicted molar refractivity (Wildman–Crippen MR) is 124 cm³/mol. The van der Waals surface area contributed by atoms with E-state index < -0.39 is 23.6 Å². The summed E-state index contributed by atoms with van der Waals surface area (Å²) in [5.74, 6) is -0.849. The van der Waals surface area contributed by atoms with Gasteiger partial charge in [-0.1, -0.05) is 6.07 Å². The Morgan fingerprint density at radius 2 is 1.83 bits per heavy atom. The maximum Gasteiger partial charge on any atom is 0.417 e. The van der Waals surface area contributed by atoms with E-state index >= 15 is 0 Å². The van der Waals surface area contributed by atoms with Gasteiger partial charge in [-0.05, 0) is 48.7 Å². The largest absolute Gasteiger partial charge is 0.465 e. The first-order valence-electron chi connectivity index (χ1n) is 10.9. The molecule has 1 saturated heterocycles. The summed E-state index contributed by atoms with van der Waals surface area (Å²) in [5, 5.41) is 2.50. The van der Waals surface area contributed by atoms with Crippen LogP contribution in [0.2, 0.25) is 0 Å². The Morgan fingerprint density at radius 1 is 1.06 bits per heavy atom. The molecule has 4 rings (SSSR count). The lowest BCUT2D eigenvalue weighted by atomic mass is 9.92. The number of benzene rings is 1. The number of rotatable bonds is 5. The average molecular weight is 484 g/mol. The first-order chi connectivity index (χ1) is 16.7. The van der Waals surface area contributed by atoms with E-state index in [-0.39, 0.29) is 11.6 Å². The van der Waals surface area contributed by atoms with E-state index in [4.69, 9.17) is 4.74 Å². The zero-order chi connectivity index (χ0) is 25.2. The number of nitrogens with one attached hydrogen (secondary N) is 1. The van der Waals surface area contributed by atoms with E-state index in [0.29, 0.717) is 23.9 Å². The second-order valence-corrected chi connectivity index (χ2v) is 8.34. The number of ether oxygens (including phenoxy) is 1. The van der Waals surface area contributed by atoms with Gasteiger partial charge in [-0.2, -0.15) is 13.2 Å². The molecule has 2 aromatic heterocycles. The average Bonchev–Trinajstić information content (AvgIpc) is 3.33. The van der Waals surface area contributed by atoms with Gasteiger partial charge < -0.3 is 15.0 Å². The van der Waals surface area contributed by atoms with E-state index in [2.05, 4.69) is 20.2 Å². The number of anilines is 2. The van der Waals surface area contributed by atoms with Gasteiger partial charge in [-0.3, -0.25) is 14.8 Å². The number of methoxy groups -OCH3 is 1. The van der Waals surface area contributed by atoms with Crippen LogP contribution in [0.15, 0.2) is 55.1 Å². The Hall–Kier alpha value is -3.95. The van der Waals surface area contributed by atoms with Crippen LogP contribution in [0.5, 0.6) is 0 Å². The molecule has 35 heavy (non-hydrogen) atoms. The summed E-state index contributed by atoms with van der Waals surface area (Å²) in [4.78, 5) is 34.5. The van der Waals surface area contributed by atoms with Crippen molar-refractivity contribution in [2.24, 2.45) is 0 Å². The van der Waals surface area contributed by atoms with Crippen LogP contribution in [0.1, 0.15) is 49.7 Å². The van der Waals surface area contributed by atoms with Gasteiger partial charge in [0.1, 0.15) is 0 Å². The summed E-state index contributed by atoms with van der Waals surface area (Å²) in [6, 6.07) is 7.85. The van der Waals surface area contributed by atoms with Gasteiger partial charge in [0.15, 0.2) is 0 Å². The molecule has 1 amide bonds. The van der Waals surface area contributed by atoms with E-state index in [9.17, 15) is 22.8 Å². The quantitative estimate of drug-likeness (QED) is 0.522. The van der Waals surface area contributed by atoms with Gasteiger partial charge in [0, 0.05) is 37.0 Å². The van der Waals surface area contributed by atoms with Crippen molar-refractivity contribution in [3.63, 3.8) is 0 Å². The number of aryl methyl sites for hydroxylation is 1. The molecule has 0 bridgehead atoms. The first kappa shape index (κ1) is 24.2. The van der Waals surface area contributed by atoms with Crippen LogP contribution in [0.4, 0.5) is 24.5 Å². The second kappa shape index (κ2) is 9.73. The molecule has 0 aliphatic carbocycles. The summed E-state index contributed by atoms with van der Waals surface area (Å²) in [7, 11) is 1.32. The molecule has 1 atom stereocenters. The lowest BCUT2D eigenvalue weighted by molar-refractivity contribution is -0.137. The van der Waals surface area contributed by atoms with Gasteiger partial charge >= 0.3 is 12.1 Å². The summed E-state index contributed by atoms with van der Waals surface area (Å²) in [6.45, 7) is 3.36. The van der Waals surface area contributed by atoms with Crippen molar-refractivity contribution in [2.75, 3.05) is 30.4 Å². The van der Waals surface area contributed by atoms with Gasteiger partial charge in [-0.25, -0.2) is 4.79 Å². The summed E-state index contributed by atoms with van der Waals surface area (Å²) >= 11 is 0. The highest BCUT2D eigenvalue weighted by atomic mass is 19.4. The fourth-order valence-corrected chi connectivity index (χ4v) is 4.17. The van der Waals surface area contributed by atoms with Crippen LogP contribution < -0.4 is 10.2 Å². The van der Waals surface area contributed by atoms with E-state index in [1.807, 2.05) is 13.0 Å². The standard InChI is InChI=1S/C25H23F3N4O3/c1-15-3-4-16(23(33)31-20-9-19(11-30-12-20)25(26,27)28)8-22(15)17-5-6-32(14-17)21-7-18(10-29-13-21)24(34)35-2/h3-4,7-13,17H,5-6,14H2,1-2H3,(H,31,33)/t17-/m1/s1. The number of halogens is 3. The number of hydrogen-bond donors (Lipinski definition) is 1. The predicted octanol–water partition coefficient (Wildman–Crippen LogP) is 4.84. The molecule has 1 aromatic carbocycles. The van der Waals surface area contributed by atoms with Crippen molar-refractivity contribution in [1.29, 1.82) is 0 Å². The van der Waals surface area contributed by atoms with Crippen LogP contribution in [0.3, 0.4) is 0 Å². The summed E-state index contributed by atoms with van der Waals surface area (Å²) in [5.41, 5.74) is 2.55. The Kier molecular flexibility index (Phi) is 6.72. The molecule has 1 fully saturated rings. The zero-order valence-corrected chi connectivity index (χ0v) is 19.1. The zero-order valence-electron chi connectivity index (χ0n) is 19.1. The number of carbonyl (C=O) groups excluding carboxylic acids is 2. The van der Waals surface area contributed by atoms with Crippen molar-refractivity contribution >= 4 is 23.3 Å². The van der Waals surface area contributed by atoms with Crippen LogP contribution in [-0.4, -0.2) is 42.0 Å². The van der Waals surface area contributed by atoms with E-state index in [1.165, 1.54) is 19.5 Å². The molecule has 1 aliphatic heterocycles. The third-order valence-corrected chi connectivity index (χ3v) is 6.00. The van der Waals surface area contributed by atoms with Gasteiger partial charge in [-0.15, -0.1) is 0 Å². The van der Waals surface area contributed by atoms with Crippen LogP contribution in [0, 0.1) is 6.92 Å². The number of nitrogens with zero attached hydrogens (tertiary/aromatic N) is 3. The third kappa shape index (κ3) is 5.42. The molecule has 0 unspecified atom stereocenters. The molecule has 0 radical (unpaired) electrons. The SMILES string of the molecule is COC(=O)c1cncc(N2CC[C@@H](c3cc(C(=O)Nc4cncc(C(F)(F)F)c4)ccc3C)C2)c1. The molecule has 7 nitrogen and oxygen atoms in total. The normalized spacial score (nSPS) is 15.7. The van der Waals surface area contributed by atoms with Crippen LogP contribution in [-0.2, 0) is 10.9 Å². The minimum Gasteiger partial charge on any atom is -0.465 e. The van der Waals surface area contributed by atoms with Crippen molar-refractivity contribution in [3.05, 3.63) is 82.9 Å². The molecular weight excluding hydrogens is 461 g/mol. The molecular formula is C25H23F3N4O3. The number of amides is 1. The molecule has 10 heteroatoms. The number of aromatic nitrogens is 2. The number of alkyl halides is 3. The maximum absolute atomic E-state index is 12.9. The Labute approximate surface area is 200 Å². The maximum atomic E-state index is 12.9. The highest BCUT2D eigenvalue weighted by molar-refractivity contribution is 6.04. The molecule has 0 spiro atoms. The number of esters is 1. The Bertz CT molecular complexity index is 1260. The topological polar surface area (TPSA) is 84.4 Å². The molecule has 3 aromatic rings. The van der Waals surface area contributed by atoms with Crippen molar-refractivity contribution in [2.45, 2.75) is 25.4 Å². The minimum atomic E-state index is -4.55. The van der Waals surface area contributed by atoms with Crippen LogP contribution >= 0.6 is 0 Å². The van der Waals surface area contributed by atoms with E-state index in [0.717, 1.165) is 35.8 Å². The summed E-state index contributed by atoms with van der Waals surface area (Å²) < 4.78 is 43.6. The van der Waals surface area contributed by atoms with Crippen molar-refractivity contribution in [1.82, 2.24) is 9.97 Å². The third-order valence-electron chi connectivity index (χ3n) is 6.00. The number of pyridine rings is 2. The molecule has 1 aliphatic rings. The van der Waals surface area contributed by atoms with Gasteiger partial charge in [0.25, 0.3) is 5.91 Å². The Morgan fingerprint density at radius 3 is 2.57 bits per heavy atom. The lowest BCUT2D eigenvalue weighted by Gasteiger charge is -2.20. The molecule has 1 N–H and O–H groups in total. The Balaban J connectivity index is 1.50. The smallest absolute Gasteiger partial charge is 0.417 e. The fraction of sp³-hybridized carbons (Fsp3) is 0.280. The van der Waals surface area contributed by atoms with Gasteiger partial charge in [0.05, 0.1) is 42.0 Å². The van der Waals surface area contributed by atoms with Crippen molar-refractivity contribution in [3.8, 4) is 0 Å². The lowest BCUT2D eigenvalue weighted by Crippen LogP contribution is -2.20. The first-order valence-corrected chi connectivity index (χ1v) is 10.9. The minimum absolute atomic E-state index is 0.0306. The molecule has 182 valence electrons. The molecule has 3 heterocycles. The van der Waals surface area contributed by atoms with E-state index in [1.54, 1.807) is 24.4 Å². The van der Waals surface area contributed by atoms with Crippen molar-refractivity contribution < 1.29 is 27.5 Å². The fourth-order valence-electron chi connectivity index (χ4n) is 4.17. The number of hydrogen-bond acceptors (Lipinski definition) is 6. The molecule has 0 saturated carbocycles. The highest BCUT2D eigenvalue weighted by Crippen LogP contribution is 2.33. The number of carbonyl (C=O) groups is 2. The summed E-state index contributed by atoms with van der Waals surface area (Å²) in [6.07, 6.45) is 1.30. The highest BCUT2D eigenvalue weighted by Gasteiger charge is 2.31. The second-order valence-electron chi connectivity index (χ2n) is 8.34. The van der Waals surface area contributed by atoms with Crippen LogP contribution in [0.25, 0.3) is 0 Å². The van der Waals surface area contributed by atoms with Gasteiger partial charge in [0.2, 0.25) is 0 Å².